The number of nitrogens with one attached hydrogen (secondary N) is 2. The Morgan fingerprint density at radius 3 is 2.63 bits per heavy atom. The molecule has 2 aromatic carbocycles. The van der Waals surface area contributed by atoms with Crippen LogP contribution in [0.5, 0.6) is 5.75 Å². The van der Waals surface area contributed by atoms with Crippen molar-refractivity contribution < 1.29 is 9.53 Å². The van der Waals surface area contributed by atoms with E-state index >= 15 is 0 Å². The summed E-state index contributed by atoms with van der Waals surface area (Å²) in [6, 6.07) is 17.8. The molecule has 0 saturated heterocycles. The summed E-state index contributed by atoms with van der Waals surface area (Å²) in [6.07, 6.45) is 8.23. The third kappa shape index (κ3) is 6.48. The van der Waals surface area contributed by atoms with Gasteiger partial charge in [0.25, 0.3) is 0 Å². The van der Waals surface area contributed by atoms with Crippen molar-refractivity contribution in [2.45, 2.75) is 38.7 Å². The van der Waals surface area contributed by atoms with Crippen LogP contribution in [0.2, 0.25) is 0 Å². The lowest BCUT2D eigenvalue weighted by atomic mass is 9.97. The summed E-state index contributed by atoms with van der Waals surface area (Å²) in [5.74, 6) is 0.755. The maximum absolute atomic E-state index is 12.1. The maximum atomic E-state index is 12.1. The molecule has 2 N–H and O–H groups in total. The molecular formula is C23H28N2O2. The van der Waals surface area contributed by atoms with Crippen molar-refractivity contribution in [2.75, 3.05) is 18.4 Å². The summed E-state index contributed by atoms with van der Waals surface area (Å²) >= 11 is 0. The highest BCUT2D eigenvalue weighted by Crippen LogP contribution is 2.24. The molecule has 0 fully saturated rings. The zero-order valence-electron chi connectivity index (χ0n) is 15.7. The molecular weight excluding hydrogens is 336 g/mol. The second-order valence-electron chi connectivity index (χ2n) is 6.83. The lowest BCUT2D eigenvalue weighted by Crippen LogP contribution is -2.30. The number of carbonyl (C=O) groups excluding carboxylic acids is 1. The Morgan fingerprint density at radius 1 is 1.00 bits per heavy atom. The molecule has 142 valence electrons. The van der Waals surface area contributed by atoms with Gasteiger partial charge in [0.1, 0.15) is 12.4 Å². The van der Waals surface area contributed by atoms with Crippen molar-refractivity contribution >= 4 is 11.6 Å². The van der Waals surface area contributed by atoms with Crippen molar-refractivity contribution in [3.63, 3.8) is 0 Å². The SMILES string of the molecule is O=C(CNc1ccccc1OCc1ccccc1)NCCC1=CCCCC1. The summed E-state index contributed by atoms with van der Waals surface area (Å²) < 4.78 is 5.91. The first-order valence-corrected chi connectivity index (χ1v) is 9.75. The van der Waals surface area contributed by atoms with Gasteiger partial charge in [-0.25, -0.2) is 0 Å². The van der Waals surface area contributed by atoms with Crippen LogP contribution in [0.3, 0.4) is 0 Å². The van der Waals surface area contributed by atoms with Gasteiger partial charge < -0.3 is 15.4 Å². The number of allylic oxidation sites excluding steroid dienone is 1. The molecule has 27 heavy (non-hydrogen) atoms. The van der Waals surface area contributed by atoms with Crippen LogP contribution in [-0.2, 0) is 11.4 Å². The topological polar surface area (TPSA) is 50.4 Å². The first-order chi connectivity index (χ1) is 13.3. The van der Waals surface area contributed by atoms with E-state index in [1.54, 1.807) is 0 Å². The smallest absolute Gasteiger partial charge is 0.239 e. The largest absolute Gasteiger partial charge is 0.487 e. The van der Waals surface area contributed by atoms with Gasteiger partial charge in [0.15, 0.2) is 0 Å². The van der Waals surface area contributed by atoms with E-state index in [1.807, 2.05) is 54.6 Å². The molecule has 1 aliphatic rings. The molecule has 0 aliphatic heterocycles. The van der Waals surface area contributed by atoms with E-state index in [1.165, 1.54) is 31.3 Å². The number of rotatable bonds is 9. The van der Waals surface area contributed by atoms with E-state index in [9.17, 15) is 4.79 Å². The van der Waals surface area contributed by atoms with Gasteiger partial charge in [0.05, 0.1) is 12.2 Å². The lowest BCUT2D eigenvalue weighted by Gasteiger charge is -2.14. The average Bonchev–Trinajstić information content (AvgIpc) is 2.73. The van der Waals surface area contributed by atoms with Crippen molar-refractivity contribution in [3.8, 4) is 5.75 Å². The Labute approximate surface area is 161 Å². The van der Waals surface area contributed by atoms with Crippen molar-refractivity contribution in [1.29, 1.82) is 0 Å². The van der Waals surface area contributed by atoms with Crippen LogP contribution in [0, 0.1) is 0 Å². The van der Waals surface area contributed by atoms with Crippen LogP contribution in [-0.4, -0.2) is 19.0 Å². The van der Waals surface area contributed by atoms with Crippen molar-refractivity contribution in [1.82, 2.24) is 5.32 Å². The number of carbonyl (C=O) groups is 1. The fourth-order valence-electron chi connectivity index (χ4n) is 3.21. The first kappa shape index (κ1) is 19.0. The Bertz CT molecular complexity index is 756. The lowest BCUT2D eigenvalue weighted by molar-refractivity contribution is -0.119. The molecule has 0 radical (unpaired) electrons. The quantitative estimate of drug-likeness (QED) is 0.635. The molecule has 0 unspecified atom stereocenters. The van der Waals surface area contributed by atoms with Gasteiger partial charge in [-0.15, -0.1) is 0 Å². The predicted octanol–water partition coefficient (Wildman–Crippen LogP) is 4.68. The molecule has 0 aromatic heterocycles. The minimum atomic E-state index is 0.00396. The monoisotopic (exact) mass is 364 g/mol. The minimum absolute atomic E-state index is 0.00396. The van der Waals surface area contributed by atoms with E-state index in [-0.39, 0.29) is 12.5 Å². The van der Waals surface area contributed by atoms with E-state index in [0.717, 1.165) is 23.4 Å². The zero-order valence-corrected chi connectivity index (χ0v) is 15.7. The highest BCUT2D eigenvalue weighted by molar-refractivity contribution is 5.81. The van der Waals surface area contributed by atoms with Crippen LogP contribution in [0.1, 0.15) is 37.7 Å². The Morgan fingerprint density at radius 2 is 1.81 bits per heavy atom. The van der Waals surface area contributed by atoms with E-state index in [4.69, 9.17) is 4.74 Å². The standard InChI is InChI=1S/C23H28N2O2/c26-23(24-16-15-19-9-3-1-4-10-19)17-25-21-13-7-8-14-22(21)27-18-20-11-5-2-6-12-20/h2,5-9,11-14,25H,1,3-4,10,15-18H2,(H,24,26). The normalized spacial score (nSPS) is 13.6. The highest BCUT2D eigenvalue weighted by atomic mass is 16.5. The number of amides is 1. The van der Waals surface area contributed by atoms with Gasteiger partial charge in [-0.05, 0) is 49.8 Å². The maximum Gasteiger partial charge on any atom is 0.239 e. The van der Waals surface area contributed by atoms with E-state index in [0.29, 0.717) is 13.2 Å². The molecule has 0 bridgehead atoms. The second kappa shape index (κ2) is 10.4. The number of para-hydroxylation sites is 2. The minimum Gasteiger partial charge on any atom is -0.487 e. The van der Waals surface area contributed by atoms with Crippen molar-refractivity contribution in [2.24, 2.45) is 0 Å². The number of hydrogen-bond donors (Lipinski definition) is 2. The molecule has 0 atom stereocenters. The van der Waals surface area contributed by atoms with E-state index in [2.05, 4.69) is 16.7 Å². The number of anilines is 1. The van der Waals surface area contributed by atoms with E-state index < -0.39 is 0 Å². The Balaban J connectivity index is 1.43. The number of benzene rings is 2. The first-order valence-electron chi connectivity index (χ1n) is 9.75. The van der Waals surface area contributed by atoms with Crippen LogP contribution >= 0.6 is 0 Å². The van der Waals surface area contributed by atoms with Gasteiger partial charge in [0, 0.05) is 6.54 Å². The van der Waals surface area contributed by atoms with Gasteiger partial charge in [-0.3, -0.25) is 4.79 Å². The third-order valence-corrected chi connectivity index (χ3v) is 4.72. The fourth-order valence-corrected chi connectivity index (χ4v) is 3.21. The Hall–Kier alpha value is -2.75. The predicted molar refractivity (Wildman–Crippen MR) is 110 cm³/mol. The van der Waals surface area contributed by atoms with Gasteiger partial charge in [0.2, 0.25) is 5.91 Å². The zero-order chi connectivity index (χ0) is 18.7. The summed E-state index contributed by atoms with van der Waals surface area (Å²) in [5, 5.41) is 6.18. The Kier molecular flexibility index (Phi) is 7.34. The third-order valence-electron chi connectivity index (χ3n) is 4.72. The highest BCUT2D eigenvalue weighted by Gasteiger charge is 2.07. The fraction of sp³-hybridized carbons (Fsp3) is 0.348. The van der Waals surface area contributed by atoms with Crippen LogP contribution in [0.4, 0.5) is 5.69 Å². The van der Waals surface area contributed by atoms with Crippen LogP contribution in [0.25, 0.3) is 0 Å². The number of hydrogen-bond acceptors (Lipinski definition) is 3. The molecule has 0 saturated carbocycles. The van der Waals surface area contributed by atoms with Gasteiger partial charge >= 0.3 is 0 Å². The summed E-state index contributed by atoms with van der Waals surface area (Å²) in [5.41, 5.74) is 3.43. The summed E-state index contributed by atoms with van der Waals surface area (Å²) in [6.45, 7) is 1.45. The van der Waals surface area contributed by atoms with Crippen molar-refractivity contribution in [3.05, 3.63) is 71.8 Å². The molecule has 0 spiro atoms. The molecule has 4 nitrogen and oxygen atoms in total. The molecule has 1 amide bonds. The molecule has 1 aliphatic carbocycles. The molecule has 2 aromatic rings. The molecule has 3 rings (SSSR count). The molecule has 0 heterocycles. The van der Waals surface area contributed by atoms with Gasteiger partial charge in [-0.2, -0.15) is 0 Å². The molecule has 4 heteroatoms. The second-order valence-corrected chi connectivity index (χ2v) is 6.83. The summed E-state index contributed by atoms with van der Waals surface area (Å²) in [4.78, 5) is 12.1. The van der Waals surface area contributed by atoms with Crippen LogP contribution < -0.4 is 15.4 Å². The van der Waals surface area contributed by atoms with Gasteiger partial charge in [-0.1, -0.05) is 54.1 Å². The average molecular weight is 364 g/mol. The van der Waals surface area contributed by atoms with Crippen LogP contribution in [0.15, 0.2) is 66.2 Å². The summed E-state index contributed by atoms with van der Waals surface area (Å²) in [7, 11) is 0. The number of ether oxygens (including phenoxy) is 1.